The van der Waals surface area contributed by atoms with Gasteiger partial charge in [-0.1, -0.05) is 18.2 Å². The quantitative estimate of drug-likeness (QED) is 0.620. The smallest absolute Gasteiger partial charge is 0.433 e. The number of alkyl halides is 3. The topological polar surface area (TPSA) is 59.4 Å². The lowest BCUT2D eigenvalue weighted by atomic mass is 9.96. The average Bonchev–Trinajstić information content (AvgIpc) is 2.59. The van der Waals surface area contributed by atoms with Crippen molar-refractivity contribution in [1.82, 2.24) is 4.98 Å². The van der Waals surface area contributed by atoms with Gasteiger partial charge in [0.25, 0.3) is 0 Å². The summed E-state index contributed by atoms with van der Waals surface area (Å²) in [5.74, 6) is -0.828. The van der Waals surface area contributed by atoms with Crippen LogP contribution in [0.15, 0.2) is 47.7 Å². The van der Waals surface area contributed by atoms with Crippen LogP contribution in [0.3, 0.4) is 0 Å². The second-order valence-electron chi connectivity index (χ2n) is 5.77. The first-order chi connectivity index (χ1) is 12.1. The number of hydrogen-bond donors (Lipinski definition) is 1. The molecule has 0 bridgehead atoms. The number of carboxylic acid groups (broad SMARTS) is 1. The maximum absolute atomic E-state index is 12.9. The summed E-state index contributed by atoms with van der Waals surface area (Å²) in [5, 5.41) is 9.36. The number of hydrogen-bond acceptors (Lipinski definition) is 3. The number of benzene rings is 1. The third-order valence-corrected chi connectivity index (χ3v) is 4.04. The molecule has 0 aliphatic heterocycles. The first-order valence-corrected chi connectivity index (χ1v) is 7.74. The Morgan fingerprint density at radius 1 is 1.23 bits per heavy atom. The van der Waals surface area contributed by atoms with E-state index < -0.39 is 17.8 Å². The van der Waals surface area contributed by atoms with Crippen LogP contribution in [0.4, 0.5) is 13.2 Å². The number of ether oxygens (including phenoxy) is 1. The van der Waals surface area contributed by atoms with E-state index in [1.54, 1.807) is 32.0 Å². The summed E-state index contributed by atoms with van der Waals surface area (Å²) in [6.45, 7) is 3.36. The van der Waals surface area contributed by atoms with Gasteiger partial charge in [0.1, 0.15) is 11.5 Å². The maximum Gasteiger partial charge on any atom is 0.433 e. The minimum Gasteiger partial charge on any atom is -0.501 e. The van der Waals surface area contributed by atoms with Crippen molar-refractivity contribution in [2.75, 3.05) is 7.11 Å². The summed E-state index contributed by atoms with van der Waals surface area (Å²) in [6.07, 6.45) is -4.44. The molecule has 0 aliphatic carbocycles. The summed E-state index contributed by atoms with van der Waals surface area (Å²) >= 11 is 0. The molecule has 0 fully saturated rings. The van der Waals surface area contributed by atoms with Gasteiger partial charge in [0.15, 0.2) is 0 Å². The zero-order valence-electron chi connectivity index (χ0n) is 14.5. The predicted molar refractivity (Wildman–Crippen MR) is 90.5 cm³/mol. The van der Waals surface area contributed by atoms with E-state index in [-0.39, 0.29) is 23.4 Å². The van der Waals surface area contributed by atoms with Crippen LogP contribution in [-0.2, 0) is 22.1 Å². The number of aryl methyl sites for hydroxylation is 1. The lowest BCUT2D eigenvalue weighted by Gasteiger charge is -2.12. The minimum absolute atomic E-state index is 0.0877. The molecule has 138 valence electrons. The number of carbonyl (C=O) groups is 1. The van der Waals surface area contributed by atoms with Gasteiger partial charge in [-0.15, -0.1) is 0 Å². The zero-order valence-corrected chi connectivity index (χ0v) is 14.5. The number of halogens is 3. The van der Waals surface area contributed by atoms with E-state index in [0.29, 0.717) is 11.1 Å². The van der Waals surface area contributed by atoms with Crippen molar-refractivity contribution < 1.29 is 27.8 Å². The Balaban J connectivity index is 2.47. The van der Waals surface area contributed by atoms with Crippen molar-refractivity contribution in [1.29, 1.82) is 0 Å². The normalized spacial score (nSPS) is 12.5. The molecule has 1 heterocycles. The molecule has 1 aromatic heterocycles. The lowest BCUT2D eigenvalue weighted by molar-refractivity contribution is -0.141. The van der Waals surface area contributed by atoms with Gasteiger partial charge >= 0.3 is 12.1 Å². The molecule has 0 aliphatic rings. The molecule has 0 spiro atoms. The van der Waals surface area contributed by atoms with Crippen LogP contribution in [0.25, 0.3) is 11.3 Å². The molecule has 4 nitrogen and oxygen atoms in total. The Kier molecular flexibility index (Phi) is 5.69. The number of aromatic nitrogens is 1. The van der Waals surface area contributed by atoms with Crippen molar-refractivity contribution in [2.45, 2.75) is 26.4 Å². The molecule has 0 radical (unpaired) electrons. The van der Waals surface area contributed by atoms with Crippen LogP contribution in [-0.4, -0.2) is 23.2 Å². The van der Waals surface area contributed by atoms with Gasteiger partial charge in [0.2, 0.25) is 0 Å². The highest BCUT2D eigenvalue weighted by Crippen LogP contribution is 2.30. The molecule has 1 N–H and O–H groups in total. The summed E-state index contributed by atoms with van der Waals surface area (Å²) in [4.78, 5) is 15.1. The van der Waals surface area contributed by atoms with E-state index in [0.717, 1.165) is 11.6 Å². The molecule has 0 atom stereocenters. The summed E-state index contributed by atoms with van der Waals surface area (Å²) in [6, 6.07) is 8.73. The molecule has 2 rings (SSSR count). The SMILES string of the molecule is COC(C)=C(Cc1cc(-c2cccc(C(F)(F)F)n2)ccc1C)C(=O)O. The van der Waals surface area contributed by atoms with Crippen LogP contribution in [0.5, 0.6) is 0 Å². The van der Waals surface area contributed by atoms with Crippen LogP contribution in [0.1, 0.15) is 23.7 Å². The second-order valence-corrected chi connectivity index (χ2v) is 5.77. The number of allylic oxidation sites excluding steroid dienone is 1. The van der Waals surface area contributed by atoms with Crippen molar-refractivity contribution >= 4 is 5.97 Å². The number of nitrogens with zero attached hydrogens (tertiary/aromatic N) is 1. The first-order valence-electron chi connectivity index (χ1n) is 7.74. The molecule has 0 saturated carbocycles. The Morgan fingerprint density at radius 2 is 1.92 bits per heavy atom. The highest BCUT2D eigenvalue weighted by atomic mass is 19.4. The maximum atomic E-state index is 12.9. The van der Waals surface area contributed by atoms with E-state index in [9.17, 15) is 23.1 Å². The molecule has 2 aromatic rings. The van der Waals surface area contributed by atoms with Crippen LogP contribution in [0, 0.1) is 6.92 Å². The fraction of sp³-hybridized carbons (Fsp3) is 0.263. The Morgan fingerprint density at radius 3 is 2.50 bits per heavy atom. The number of aliphatic carboxylic acids is 1. The number of carboxylic acids is 1. The predicted octanol–water partition coefficient (Wildman–Crippen LogP) is 4.62. The monoisotopic (exact) mass is 365 g/mol. The van der Waals surface area contributed by atoms with Crippen LogP contribution >= 0.6 is 0 Å². The lowest BCUT2D eigenvalue weighted by Crippen LogP contribution is -2.09. The van der Waals surface area contributed by atoms with Gasteiger partial charge < -0.3 is 9.84 Å². The van der Waals surface area contributed by atoms with Gasteiger partial charge in [-0.3, -0.25) is 0 Å². The zero-order chi connectivity index (χ0) is 19.5. The van der Waals surface area contributed by atoms with Gasteiger partial charge in [-0.05, 0) is 43.2 Å². The summed E-state index contributed by atoms with van der Waals surface area (Å²) in [7, 11) is 1.38. The number of rotatable bonds is 5. The Bertz CT molecular complexity index is 857. The van der Waals surface area contributed by atoms with Gasteiger partial charge in [-0.25, -0.2) is 9.78 Å². The first kappa shape index (κ1) is 19.5. The average molecular weight is 365 g/mol. The molecule has 7 heteroatoms. The van der Waals surface area contributed by atoms with Crippen molar-refractivity contribution in [2.24, 2.45) is 0 Å². The number of methoxy groups -OCH3 is 1. The largest absolute Gasteiger partial charge is 0.501 e. The third-order valence-electron chi connectivity index (χ3n) is 4.04. The third kappa shape index (κ3) is 4.41. The highest BCUT2D eigenvalue weighted by Gasteiger charge is 2.32. The van der Waals surface area contributed by atoms with E-state index in [1.807, 2.05) is 0 Å². The van der Waals surface area contributed by atoms with Gasteiger partial charge in [-0.2, -0.15) is 13.2 Å². The second kappa shape index (κ2) is 7.59. The Hall–Kier alpha value is -2.83. The van der Waals surface area contributed by atoms with Gasteiger partial charge in [0.05, 0.1) is 18.4 Å². The molecule has 26 heavy (non-hydrogen) atoms. The van der Waals surface area contributed by atoms with E-state index >= 15 is 0 Å². The molecule has 0 amide bonds. The molecular weight excluding hydrogens is 347 g/mol. The van der Waals surface area contributed by atoms with Crippen molar-refractivity contribution in [3.63, 3.8) is 0 Å². The number of pyridine rings is 1. The molecule has 0 saturated heterocycles. The summed E-state index contributed by atoms with van der Waals surface area (Å²) in [5.41, 5.74) is 1.27. The highest BCUT2D eigenvalue weighted by molar-refractivity contribution is 5.87. The van der Waals surface area contributed by atoms with Crippen LogP contribution in [0.2, 0.25) is 0 Å². The standard InChI is InChI=1S/C19H18F3NO3/c1-11-7-8-13(16-5-4-6-17(23-16)19(20,21)22)9-14(11)10-15(18(24)25)12(2)26-3/h4-9H,10H2,1-3H3,(H,24,25). The van der Waals surface area contributed by atoms with E-state index in [2.05, 4.69) is 4.98 Å². The molecular formula is C19H18F3NO3. The van der Waals surface area contributed by atoms with E-state index in [4.69, 9.17) is 4.74 Å². The van der Waals surface area contributed by atoms with Crippen molar-refractivity contribution in [3.8, 4) is 11.3 Å². The van der Waals surface area contributed by atoms with E-state index in [1.165, 1.54) is 19.2 Å². The molecule has 0 unspecified atom stereocenters. The fourth-order valence-corrected chi connectivity index (χ4v) is 2.44. The van der Waals surface area contributed by atoms with Crippen LogP contribution < -0.4 is 0 Å². The molecule has 1 aromatic carbocycles. The van der Waals surface area contributed by atoms with Crippen molar-refractivity contribution in [3.05, 3.63) is 64.6 Å². The summed E-state index contributed by atoms with van der Waals surface area (Å²) < 4.78 is 43.6. The Labute approximate surface area is 149 Å². The minimum atomic E-state index is -4.53. The van der Waals surface area contributed by atoms with Gasteiger partial charge in [0, 0.05) is 12.0 Å². The fourth-order valence-electron chi connectivity index (χ4n) is 2.44.